The van der Waals surface area contributed by atoms with Crippen LogP contribution in [0.3, 0.4) is 0 Å². The fourth-order valence-electron chi connectivity index (χ4n) is 4.97. The Morgan fingerprint density at radius 3 is 2.74 bits per heavy atom. The van der Waals surface area contributed by atoms with Gasteiger partial charge in [-0.3, -0.25) is 0 Å². The number of piperazine rings is 1. The first-order chi connectivity index (χ1) is 15.0. The van der Waals surface area contributed by atoms with Gasteiger partial charge in [-0.25, -0.2) is 15.0 Å². The average Bonchev–Trinajstić information content (AvgIpc) is 3.13. The number of furan rings is 1. The first kappa shape index (κ1) is 20.6. The van der Waals surface area contributed by atoms with Crippen LogP contribution in [0.25, 0.3) is 22.2 Å². The lowest BCUT2D eigenvalue weighted by Crippen LogP contribution is -3.15. The summed E-state index contributed by atoms with van der Waals surface area (Å²) in [6, 6.07) is 0. The Kier molecular flexibility index (Phi) is 5.32. The van der Waals surface area contributed by atoms with Gasteiger partial charge in [0.2, 0.25) is 5.71 Å². The lowest BCUT2D eigenvalue weighted by molar-refractivity contribution is -0.900. The molecule has 3 aromatic rings. The van der Waals surface area contributed by atoms with Crippen LogP contribution in [0.15, 0.2) is 10.7 Å². The fourth-order valence-corrected chi connectivity index (χ4v) is 4.97. The minimum Gasteiger partial charge on any atom is -0.432 e. The Balaban J connectivity index is 1.63. The number of quaternary nitrogens is 1. The summed E-state index contributed by atoms with van der Waals surface area (Å²) < 4.78 is 12.5. The number of aryl methyl sites for hydroxylation is 1. The second-order valence-electron chi connectivity index (χ2n) is 9.36. The van der Waals surface area contributed by atoms with Gasteiger partial charge in [-0.15, -0.1) is 0 Å². The molecule has 0 bridgehead atoms. The number of nitrogens with zero attached hydrogens (tertiary/aromatic N) is 4. The molecule has 0 amide bonds. The summed E-state index contributed by atoms with van der Waals surface area (Å²) in [5.74, 6) is 0.850. The number of ether oxygens (including phenoxy) is 1. The number of hydrogen-bond acceptors (Lipinski definition) is 7. The van der Waals surface area contributed by atoms with Crippen molar-refractivity contribution < 1.29 is 19.2 Å². The van der Waals surface area contributed by atoms with Crippen molar-refractivity contribution >= 4 is 28.0 Å². The molecule has 0 saturated carbocycles. The molecular weight excluding hydrogens is 394 g/mol. The third-order valence-electron chi connectivity index (χ3n) is 6.62. The minimum absolute atomic E-state index is 0.226. The van der Waals surface area contributed by atoms with E-state index in [1.165, 1.54) is 16.0 Å². The van der Waals surface area contributed by atoms with Crippen molar-refractivity contribution in [2.24, 2.45) is 0 Å². The van der Waals surface area contributed by atoms with Gasteiger partial charge >= 0.3 is 0 Å². The van der Waals surface area contributed by atoms with E-state index < -0.39 is 0 Å². The van der Waals surface area contributed by atoms with Crippen molar-refractivity contribution in [2.75, 3.05) is 44.2 Å². The van der Waals surface area contributed by atoms with Gasteiger partial charge in [0.1, 0.15) is 18.4 Å². The van der Waals surface area contributed by atoms with Gasteiger partial charge in [-0.1, -0.05) is 13.3 Å². The van der Waals surface area contributed by atoms with Gasteiger partial charge in [-0.05, 0) is 25.8 Å². The summed E-state index contributed by atoms with van der Waals surface area (Å²) in [6.07, 6.45) is 4.40. The number of fused-ring (bicyclic) bond motifs is 5. The highest BCUT2D eigenvalue weighted by atomic mass is 16.5. The summed E-state index contributed by atoms with van der Waals surface area (Å²) in [6.45, 7) is 11.8. The molecule has 0 unspecified atom stereocenters. The quantitative estimate of drug-likeness (QED) is 0.635. The lowest BCUT2D eigenvalue weighted by atomic mass is 9.88. The molecule has 5 rings (SSSR count). The third-order valence-corrected chi connectivity index (χ3v) is 6.62. The number of aliphatic hydroxyl groups is 1. The fraction of sp³-hybridized carbons (Fsp3) is 0.609. The van der Waals surface area contributed by atoms with Crippen LogP contribution in [0.2, 0.25) is 0 Å². The van der Waals surface area contributed by atoms with E-state index in [1.54, 1.807) is 6.33 Å². The molecule has 1 saturated heterocycles. The van der Waals surface area contributed by atoms with Crippen molar-refractivity contribution in [3.05, 3.63) is 23.1 Å². The van der Waals surface area contributed by atoms with Gasteiger partial charge in [0.05, 0.1) is 56.1 Å². The van der Waals surface area contributed by atoms with Crippen LogP contribution < -0.4 is 9.80 Å². The Morgan fingerprint density at radius 1 is 1.19 bits per heavy atom. The van der Waals surface area contributed by atoms with Crippen LogP contribution in [0, 0.1) is 0 Å². The molecule has 0 spiro atoms. The number of nitrogens with one attached hydrogen (secondary N) is 1. The van der Waals surface area contributed by atoms with Crippen molar-refractivity contribution in [3.63, 3.8) is 0 Å². The zero-order chi connectivity index (χ0) is 21.6. The van der Waals surface area contributed by atoms with E-state index in [4.69, 9.17) is 14.1 Å². The zero-order valence-electron chi connectivity index (χ0n) is 18.7. The Labute approximate surface area is 182 Å². The van der Waals surface area contributed by atoms with Gasteiger partial charge < -0.3 is 24.1 Å². The average molecular weight is 427 g/mol. The molecule has 2 N–H and O–H groups in total. The van der Waals surface area contributed by atoms with Crippen LogP contribution in [0.4, 0.5) is 5.82 Å². The summed E-state index contributed by atoms with van der Waals surface area (Å²) in [5, 5.41) is 10.3. The van der Waals surface area contributed by atoms with Crippen molar-refractivity contribution in [1.82, 2.24) is 15.0 Å². The molecule has 2 aliphatic rings. The van der Waals surface area contributed by atoms with E-state index in [9.17, 15) is 5.11 Å². The minimum atomic E-state index is -0.226. The Morgan fingerprint density at radius 2 is 2.00 bits per heavy atom. The highest BCUT2D eigenvalue weighted by molar-refractivity contribution is 6.06. The molecule has 0 aromatic carbocycles. The number of hydrogen-bond donors (Lipinski definition) is 2. The van der Waals surface area contributed by atoms with E-state index >= 15 is 0 Å². The maximum atomic E-state index is 9.23. The molecule has 0 aliphatic carbocycles. The molecule has 166 valence electrons. The van der Waals surface area contributed by atoms with Crippen LogP contribution in [-0.4, -0.2) is 65.0 Å². The molecule has 0 radical (unpaired) electrons. The first-order valence-electron chi connectivity index (χ1n) is 11.4. The maximum absolute atomic E-state index is 9.23. The molecule has 8 heteroatoms. The Bertz CT molecular complexity index is 1100. The summed E-state index contributed by atoms with van der Waals surface area (Å²) in [5.41, 5.74) is 5.58. The van der Waals surface area contributed by atoms with Crippen molar-refractivity contribution in [3.8, 4) is 0 Å². The number of aliphatic hydroxyl groups excluding tert-OH is 1. The van der Waals surface area contributed by atoms with E-state index in [2.05, 4.69) is 35.6 Å². The smallest absolute Gasteiger partial charge is 0.229 e. The topological polar surface area (TPSA) is 89.0 Å². The molecule has 1 fully saturated rings. The van der Waals surface area contributed by atoms with Crippen LogP contribution in [0.1, 0.15) is 44.0 Å². The van der Waals surface area contributed by atoms with Crippen molar-refractivity contribution in [2.45, 2.75) is 52.2 Å². The van der Waals surface area contributed by atoms with E-state index in [0.717, 1.165) is 80.0 Å². The molecule has 31 heavy (non-hydrogen) atoms. The normalized spacial score (nSPS) is 19.3. The lowest BCUT2D eigenvalue weighted by Gasteiger charge is -2.33. The molecule has 8 nitrogen and oxygen atoms in total. The molecule has 5 heterocycles. The molecule has 0 atom stereocenters. The monoisotopic (exact) mass is 426 g/mol. The number of pyridine rings is 1. The van der Waals surface area contributed by atoms with Crippen LogP contribution in [0.5, 0.6) is 0 Å². The summed E-state index contributed by atoms with van der Waals surface area (Å²) in [7, 11) is 0. The number of aromatic nitrogens is 3. The summed E-state index contributed by atoms with van der Waals surface area (Å²) >= 11 is 0. The van der Waals surface area contributed by atoms with Crippen LogP contribution in [-0.2, 0) is 24.2 Å². The molecule has 2 aliphatic heterocycles. The predicted molar refractivity (Wildman–Crippen MR) is 119 cm³/mol. The zero-order valence-corrected chi connectivity index (χ0v) is 18.7. The standard InChI is InChI=1S/C23H31N5O3/c1-4-5-17-16-13-30-23(2,3)12-15(16)18-19-20(31-22(18)26-17)21(25-14-24-19)28-8-6-27(7-9-28)10-11-29/h14,29H,4-13H2,1-3H3/p+1. The highest BCUT2D eigenvalue weighted by Gasteiger charge is 2.33. The maximum Gasteiger partial charge on any atom is 0.229 e. The second-order valence-corrected chi connectivity index (χ2v) is 9.36. The second kappa shape index (κ2) is 8.00. The molecular formula is C23H32N5O3+. The largest absolute Gasteiger partial charge is 0.432 e. The third kappa shape index (κ3) is 3.66. The SMILES string of the molecule is CCCc1nc2oc3c(N4CC[NH+](CCO)CC4)ncnc3c2c2c1COC(C)(C)C2. The van der Waals surface area contributed by atoms with E-state index in [-0.39, 0.29) is 12.2 Å². The first-order valence-corrected chi connectivity index (χ1v) is 11.4. The van der Waals surface area contributed by atoms with Gasteiger partial charge in [0.25, 0.3) is 0 Å². The van der Waals surface area contributed by atoms with Crippen LogP contribution >= 0.6 is 0 Å². The van der Waals surface area contributed by atoms with Gasteiger partial charge in [0.15, 0.2) is 11.4 Å². The van der Waals surface area contributed by atoms with Gasteiger partial charge in [0, 0.05) is 12.0 Å². The predicted octanol–water partition coefficient (Wildman–Crippen LogP) is 1.27. The number of anilines is 1. The highest BCUT2D eigenvalue weighted by Crippen LogP contribution is 2.40. The number of rotatable bonds is 5. The van der Waals surface area contributed by atoms with E-state index in [0.29, 0.717) is 12.3 Å². The molecule has 3 aromatic heterocycles. The van der Waals surface area contributed by atoms with Gasteiger partial charge in [-0.2, -0.15) is 0 Å². The summed E-state index contributed by atoms with van der Waals surface area (Å²) in [4.78, 5) is 17.9. The Hall–Kier alpha value is -2.29. The van der Waals surface area contributed by atoms with Crippen molar-refractivity contribution in [1.29, 1.82) is 0 Å². The van der Waals surface area contributed by atoms with E-state index in [1.807, 2.05) is 0 Å².